The van der Waals surface area contributed by atoms with Gasteiger partial charge in [-0.3, -0.25) is 4.79 Å². The Morgan fingerprint density at radius 2 is 2.05 bits per heavy atom. The summed E-state index contributed by atoms with van der Waals surface area (Å²) in [6, 6.07) is 11.0. The first kappa shape index (κ1) is 12.3. The molecule has 0 spiro atoms. The lowest BCUT2D eigenvalue weighted by Gasteiger charge is -2.06. The highest BCUT2D eigenvalue weighted by Gasteiger charge is 2.16. The molecule has 0 saturated carbocycles. The summed E-state index contributed by atoms with van der Waals surface area (Å²) in [5.74, 6) is -0.757. The second-order valence-corrected chi connectivity index (χ2v) is 4.15. The summed E-state index contributed by atoms with van der Waals surface area (Å²) in [5, 5.41) is 5.03. The minimum Gasteiger partial charge on any atom is -0.461 e. The first-order chi connectivity index (χ1) is 9.70. The predicted molar refractivity (Wildman–Crippen MR) is 72.7 cm³/mol. The highest BCUT2D eigenvalue weighted by atomic mass is 16.5. The number of carbonyl (C=O) groups is 1. The van der Waals surface area contributed by atoms with Crippen molar-refractivity contribution in [3.8, 4) is 0 Å². The molecule has 100 valence electrons. The van der Waals surface area contributed by atoms with Gasteiger partial charge in [-0.1, -0.05) is 18.2 Å². The molecule has 2 aromatic heterocycles. The third-order valence-electron chi connectivity index (χ3n) is 2.88. The molecule has 0 unspecified atom stereocenters. The fourth-order valence-electron chi connectivity index (χ4n) is 2.00. The largest absolute Gasteiger partial charge is 0.461 e. The van der Waals surface area contributed by atoms with E-state index >= 15 is 0 Å². The van der Waals surface area contributed by atoms with E-state index in [2.05, 4.69) is 10.1 Å². The van der Waals surface area contributed by atoms with Gasteiger partial charge in [0.2, 0.25) is 5.69 Å². The van der Waals surface area contributed by atoms with E-state index in [0.29, 0.717) is 5.65 Å². The molecule has 0 atom stereocenters. The fraction of sp³-hybridized carbons (Fsp3) is 0.143. The molecule has 6 nitrogen and oxygen atoms in total. The van der Waals surface area contributed by atoms with Crippen LogP contribution in [-0.4, -0.2) is 27.2 Å². The number of fused-ring (bicyclic) bond motifs is 3. The zero-order valence-corrected chi connectivity index (χ0v) is 10.7. The summed E-state index contributed by atoms with van der Waals surface area (Å²) in [6.45, 7) is 1.84. The lowest BCUT2D eigenvalue weighted by Crippen LogP contribution is -2.24. The molecule has 0 aliphatic carbocycles. The van der Waals surface area contributed by atoms with Crippen LogP contribution < -0.4 is 5.56 Å². The maximum atomic E-state index is 11.8. The molecule has 1 aromatic carbocycles. The van der Waals surface area contributed by atoms with E-state index in [1.165, 1.54) is 4.52 Å². The first-order valence-corrected chi connectivity index (χ1v) is 6.16. The summed E-state index contributed by atoms with van der Waals surface area (Å²) in [4.78, 5) is 27.4. The summed E-state index contributed by atoms with van der Waals surface area (Å²) < 4.78 is 6.29. The number of pyridine rings is 1. The summed E-state index contributed by atoms with van der Waals surface area (Å²) >= 11 is 0. The van der Waals surface area contributed by atoms with Gasteiger partial charge >= 0.3 is 11.5 Å². The molecule has 6 heteroatoms. The van der Waals surface area contributed by atoms with Gasteiger partial charge in [0.15, 0.2) is 5.65 Å². The van der Waals surface area contributed by atoms with Crippen LogP contribution in [0.15, 0.2) is 41.2 Å². The Morgan fingerprint density at radius 3 is 2.85 bits per heavy atom. The highest BCUT2D eigenvalue weighted by Crippen LogP contribution is 2.13. The maximum Gasteiger partial charge on any atom is 0.364 e. The number of rotatable bonds is 2. The monoisotopic (exact) mass is 269 g/mol. The zero-order valence-electron chi connectivity index (χ0n) is 10.7. The van der Waals surface area contributed by atoms with E-state index in [-0.39, 0.29) is 12.3 Å². The van der Waals surface area contributed by atoms with E-state index in [1.807, 2.05) is 30.3 Å². The van der Waals surface area contributed by atoms with Gasteiger partial charge in [0.1, 0.15) is 0 Å². The van der Waals surface area contributed by atoms with Crippen LogP contribution in [0.1, 0.15) is 17.4 Å². The lowest BCUT2D eigenvalue weighted by molar-refractivity contribution is 0.0515. The van der Waals surface area contributed by atoms with E-state index in [4.69, 9.17) is 4.74 Å². The molecule has 0 aliphatic rings. The number of carbonyl (C=O) groups excluding carboxylic acids is 1. The third kappa shape index (κ3) is 1.91. The Balaban J connectivity index is 2.34. The normalized spacial score (nSPS) is 10.8. The average Bonchev–Trinajstić information content (AvgIpc) is 2.46. The van der Waals surface area contributed by atoms with Gasteiger partial charge in [-0.2, -0.15) is 10.1 Å². The first-order valence-electron chi connectivity index (χ1n) is 6.16. The van der Waals surface area contributed by atoms with Crippen molar-refractivity contribution in [3.63, 3.8) is 0 Å². The number of para-hydroxylation sites is 1. The van der Waals surface area contributed by atoms with Crippen molar-refractivity contribution >= 4 is 22.5 Å². The molecule has 0 saturated heterocycles. The second-order valence-electron chi connectivity index (χ2n) is 4.15. The summed E-state index contributed by atoms with van der Waals surface area (Å²) in [5.41, 5.74) is 0.171. The number of aromatic nitrogens is 3. The topological polar surface area (TPSA) is 73.6 Å². The molecule has 0 bridgehead atoms. The van der Waals surface area contributed by atoms with Crippen LogP contribution in [-0.2, 0) is 4.74 Å². The molecular formula is C14H11N3O3. The third-order valence-corrected chi connectivity index (χ3v) is 2.88. The van der Waals surface area contributed by atoms with Gasteiger partial charge in [0.05, 0.1) is 12.1 Å². The van der Waals surface area contributed by atoms with Crippen LogP contribution in [0.2, 0.25) is 0 Å². The van der Waals surface area contributed by atoms with Gasteiger partial charge < -0.3 is 4.74 Å². The van der Waals surface area contributed by atoms with Crippen LogP contribution >= 0.6 is 0 Å². The number of hydrogen-bond acceptors (Lipinski definition) is 5. The minimum absolute atomic E-state index is 0.179. The smallest absolute Gasteiger partial charge is 0.364 e. The van der Waals surface area contributed by atoms with Crippen molar-refractivity contribution in [3.05, 3.63) is 52.4 Å². The van der Waals surface area contributed by atoms with Crippen molar-refractivity contribution in [1.82, 2.24) is 14.6 Å². The van der Waals surface area contributed by atoms with Crippen LogP contribution in [0.4, 0.5) is 0 Å². The Morgan fingerprint density at radius 1 is 1.25 bits per heavy atom. The molecule has 0 radical (unpaired) electrons. The Hall–Kier alpha value is -2.76. The zero-order chi connectivity index (χ0) is 14.1. The number of nitrogens with zero attached hydrogens (tertiary/aromatic N) is 3. The van der Waals surface area contributed by atoms with Gasteiger partial charge in [-0.25, -0.2) is 9.31 Å². The average molecular weight is 269 g/mol. The summed E-state index contributed by atoms with van der Waals surface area (Å²) in [7, 11) is 0. The number of hydrogen-bond donors (Lipinski definition) is 0. The van der Waals surface area contributed by atoms with Crippen molar-refractivity contribution in [2.24, 2.45) is 0 Å². The molecule has 0 amide bonds. The number of esters is 1. The van der Waals surface area contributed by atoms with Crippen LogP contribution in [0.3, 0.4) is 0 Å². The van der Waals surface area contributed by atoms with Gasteiger partial charge in [-0.05, 0) is 25.1 Å². The Bertz CT molecular complexity index is 870. The summed E-state index contributed by atoms with van der Waals surface area (Å²) in [6.07, 6.45) is 0. The van der Waals surface area contributed by atoms with E-state index < -0.39 is 11.5 Å². The van der Waals surface area contributed by atoms with Crippen LogP contribution in [0.25, 0.3) is 16.6 Å². The van der Waals surface area contributed by atoms with E-state index in [1.54, 1.807) is 13.0 Å². The molecule has 2 heterocycles. The number of benzene rings is 1. The fourth-order valence-corrected chi connectivity index (χ4v) is 2.00. The van der Waals surface area contributed by atoms with Crippen LogP contribution in [0.5, 0.6) is 0 Å². The van der Waals surface area contributed by atoms with Gasteiger partial charge in [0.25, 0.3) is 0 Å². The molecule has 3 rings (SSSR count). The van der Waals surface area contributed by atoms with Crippen molar-refractivity contribution < 1.29 is 9.53 Å². The van der Waals surface area contributed by atoms with Crippen molar-refractivity contribution in [2.75, 3.05) is 6.61 Å². The SMILES string of the molecule is CCOC(=O)c1nn2c(ccc3ccccc32)nc1=O. The maximum absolute atomic E-state index is 11.8. The second kappa shape index (κ2) is 4.73. The standard InChI is InChI=1S/C14H11N3O3/c1-2-20-14(19)12-13(18)15-11-8-7-9-5-3-4-6-10(9)17(11)16-12/h3-8H,2H2,1H3. The van der Waals surface area contributed by atoms with Crippen molar-refractivity contribution in [2.45, 2.75) is 6.92 Å². The molecule has 0 N–H and O–H groups in total. The Labute approximate surface area is 113 Å². The van der Waals surface area contributed by atoms with Crippen molar-refractivity contribution in [1.29, 1.82) is 0 Å². The molecule has 3 aromatic rings. The minimum atomic E-state index is -0.757. The molecule has 0 fully saturated rings. The predicted octanol–water partition coefficient (Wildman–Crippen LogP) is 1.42. The van der Waals surface area contributed by atoms with Gasteiger partial charge in [-0.15, -0.1) is 0 Å². The van der Waals surface area contributed by atoms with Gasteiger partial charge in [0, 0.05) is 5.39 Å². The van der Waals surface area contributed by atoms with Crippen LogP contribution in [0, 0.1) is 0 Å². The number of ether oxygens (including phenoxy) is 1. The highest BCUT2D eigenvalue weighted by molar-refractivity contribution is 5.87. The molecule has 20 heavy (non-hydrogen) atoms. The Kier molecular flexibility index (Phi) is 2.90. The molecule has 0 aliphatic heterocycles. The van der Waals surface area contributed by atoms with E-state index in [9.17, 15) is 9.59 Å². The molecular weight excluding hydrogens is 258 g/mol. The quantitative estimate of drug-likeness (QED) is 0.519. The van der Waals surface area contributed by atoms with E-state index in [0.717, 1.165) is 10.9 Å². The lowest BCUT2D eigenvalue weighted by atomic mass is 10.2.